The Hall–Kier alpha value is -4.57. The number of carbonyl (C=O) groups is 3. The summed E-state index contributed by atoms with van der Waals surface area (Å²) in [6.07, 6.45) is 0.135. The monoisotopic (exact) mass is 594 g/mol. The summed E-state index contributed by atoms with van der Waals surface area (Å²) >= 11 is 0. The highest BCUT2D eigenvalue weighted by Gasteiger charge is 2.32. The van der Waals surface area contributed by atoms with Crippen LogP contribution in [0.25, 0.3) is 0 Å². The lowest BCUT2D eigenvalue weighted by molar-refractivity contribution is -0.000275. The van der Waals surface area contributed by atoms with Crippen molar-refractivity contribution < 1.29 is 23.9 Å². The number of hydrogen-bond donors (Lipinski definition) is 0. The molecule has 1 saturated heterocycles. The van der Waals surface area contributed by atoms with Gasteiger partial charge in [0, 0.05) is 29.8 Å². The molecular formula is C37H42N2O5. The standard InChI is InChI=1S/C37H42N2O5/c1-36(2,3)43-34(41)39(35(42)44-37(4,5)6)26-29-13-10-14-32(25-29)30-21-23-38(24-22-30)33(40)31-19-17-28(18-20-31)16-15-27-11-8-7-9-12-27/h7-14,17-20,25,30H,21-24,26H2,1-6H3. The van der Waals surface area contributed by atoms with Crippen molar-refractivity contribution in [3.63, 3.8) is 0 Å². The van der Waals surface area contributed by atoms with E-state index in [2.05, 4.69) is 17.9 Å². The van der Waals surface area contributed by atoms with Crippen molar-refractivity contribution in [3.8, 4) is 11.8 Å². The van der Waals surface area contributed by atoms with Crippen molar-refractivity contribution in [2.24, 2.45) is 0 Å². The molecule has 7 heteroatoms. The van der Waals surface area contributed by atoms with E-state index in [0.717, 1.165) is 40.0 Å². The van der Waals surface area contributed by atoms with Crippen LogP contribution in [-0.2, 0) is 16.0 Å². The van der Waals surface area contributed by atoms with Crippen LogP contribution in [-0.4, -0.2) is 52.2 Å². The predicted octanol–water partition coefficient (Wildman–Crippen LogP) is 7.78. The van der Waals surface area contributed by atoms with Crippen molar-refractivity contribution in [2.75, 3.05) is 13.1 Å². The van der Waals surface area contributed by atoms with Crippen molar-refractivity contribution >= 4 is 18.1 Å². The van der Waals surface area contributed by atoms with Crippen molar-refractivity contribution in [2.45, 2.75) is 78.0 Å². The molecule has 0 unspecified atom stereocenters. The third-order valence-corrected chi connectivity index (χ3v) is 7.03. The zero-order chi connectivity index (χ0) is 31.9. The Kier molecular flexibility index (Phi) is 10.2. The lowest BCUT2D eigenvalue weighted by Gasteiger charge is -2.32. The summed E-state index contributed by atoms with van der Waals surface area (Å²) in [5.74, 6) is 6.57. The molecule has 0 spiro atoms. The quantitative estimate of drug-likeness (QED) is 0.288. The normalized spacial score (nSPS) is 13.8. The lowest BCUT2D eigenvalue weighted by atomic mass is 9.88. The molecule has 4 rings (SSSR count). The SMILES string of the molecule is CC(C)(C)OC(=O)N(Cc1cccc(C2CCN(C(=O)c3ccc(C#Cc4ccccc4)cc3)CC2)c1)C(=O)OC(C)(C)C. The molecule has 0 atom stereocenters. The first-order valence-corrected chi connectivity index (χ1v) is 15.1. The average Bonchev–Trinajstić information content (AvgIpc) is 2.97. The molecule has 1 fully saturated rings. The van der Waals surface area contributed by atoms with Gasteiger partial charge in [-0.15, -0.1) is 0 Å². The number of ether oxygens (including phenoxy) is 2. The number of imide groups is 1. The first-order chi connectivity index (χ1) is 20.8. The highest BCUT2D eigenvalue weighted by molar-refractivity contribution is 5.94. The van der Waals surface area contributed by atoms with E-state index in [1.807, 2.05) is 77.7 Å². The molecule has 3 amide bonds. The zero-order valence-corrected chi connectivity index (χ0v) is 26.6. The molecule has 1 heterocycles. The Morgan fingerprint density at radius 1 is 0.750 bits per heavy atom. The maximum Gasteiger partial charge on any atom is 0.420 e. The second-order valence-corrected chi connectivity index (χ2v) is 13.1. The van der Waals surface area contributed by atoms with Gasteiger partial charge in [-0.1, -0.05) is 54.3 Å². The molecule has 0 bridgehead atoms. The number of benzene rings is 3. The van der Waals surface area contributed by atoms with E-state index in [0.29, 0.717) is 18.7 Å². The van der Waals surface area contributed by atoms with Gasteiger partial charge >= 0.3 is 12.2 Å². The molecule has 7 nitrogen and oxygen atoms in total. The maximum absolute atomic E-state index is 13.2. The molecule has 1 aliphatic rings. The molecule has 0 aromatic heterocycles. The van der Waals surface area contributed by atoms with E-state index in [9.17, 15) is 14.4 Å². The fraction of sp³-hybridized carbons (Fsp3) is 0.378. The Bertz CT molecular complexity index is 1490. The highest BCUT2D eigenvalue weighted by Crippen LogP contribution is 2.30. The van der Waals surface area contributed by atoms with Gasteiger partial charge < -0.3 is 14.4 Å². The predicted molar refractivity (Wildman–Crippen MR) is 171 cm³/mol. The number of rotatable bonds is 4. The molecule has 0 aliphatic carbocycles. The largest absolute Gasteiger partial charge is 0.443 e. The minimum atomic E-state index is -0.761. The van der Waals surface area contributed by atoms with Crippen LogP contribution in [0.1, 0.15) is 92.9 Å². The topological polar surface area (TPSA) is 76.2 Å². The van der Waals surface area contributed by atoms with E-state index >= 15 is 0 Å². The molecule has 3 aromatic carbocycles. The molecule has 1 aliphatic heterocycles. The Labute approximate surface area is 261 Å². The van der Waals surface area contributed by atoms with Crippen molar-refractivity contribution in [3.05, 3.63) is 107 Å². The fourth-order valence-corrected chi connectivity index (χ4v) is 4.93. The van der Waals surface area contributed by atoms with Crippen LogP contribution in [0.15, 0.2) is 78.9 Å². The van der Waals surface area contributed by atoms with Crippen molar-refractivity contribution in [1.82, 2.24) is 9.80 Å². The van der Waals surface area contributed by atoms with Gasteiger partial charge in [0.25, 0.3) is 5.91 Å². The summed E-state index contributed by atoms with van der Waals surface area (Å²) in [6.45, 7) is 11.9. The number of amides is 3. The Balaban J connectivity index is 1.38. The van der Waals surface area contributed by atoms with Gasteiger partial charge in [0.05, 0.1) is 6.54 Å². The summed E-state index contributed by atoms with van der Waals surface area (Å²) in [6, 6.07) is 25.2. The van der Waals surface area contributed by atoms with E-state index in [1.54, 1.807) is 41.5 Å². The van der Waals surface area contributed by atoms with E-state index < -0.39 is 23.4 Å². The maximum atomic E-state index is 13.2. The second-order valence-electron chi connectivity index (χ2n) is 13.1. The summed E-state index contributed by atoms with van der Waals surface area (Å²) in [4.78, 5) is 42.1. The third-order valence-electron chi connectivity index (χ3n) is 7.03. The second kappa shape index (κ2) is 13.8. The smallest absolute Gasteiger partial charge is 0.420 e. The van der Waals surface area contributed by atoms with Crippen LogP contribution in [0.5, 0.6) is 0 Å². The molecule has 0 N–H and O–H groups in total. The van der Waals surface area contributed by atoms with Gasteiger partial charge in [0.1, 0.15) is 11.2 Å². The van der Waals surface area contributed by atoms with Gasteiger partial charge in [0.15, 0.2) is 0 Å². The Morgan fingerprint density at radius 3 is 1.84 bits per heavy atom. The lowest BCUT2D eigenvalue weighted by Crippen LogP contribution is -2.43. The van der Waals surface area contributed by atoms with Gasteiger partial charge in [-0.3, -0.25) is 4.79 Å². The third kappa shape index (κ3) is 9.47. The van der Waals surface area contributed by atoms with Crippen LogP contribution in [0, 0.1) is 11.8 Å². The fourth-order valence-electron chi connectivity index (χ4n) is 4.93. The average molecular weight is 595 g/mol. The summed E-state index contributed by atoms with van der Waals surface area (Å²) in [5, 5.41) is 0. The molecule has 0 saturated carbocycles. The molecule has 230 valence electrons. The minimum Gasteiger partial charge on any atom is -0.443 e. The molecular weight excluding hydrogens is 552 g/mol. The highest BCUT2D eigenvalue weighted by atomic mass is 16.6. The molecule has 3 aromatic rings. The van der Waals surface area contributed by atoms with Gasteiger partial charge in [0.2, 0.25) is 0 Å². The summed E-state index contributed by atoms with van der Waals surface area (Å²) in [7, 11) is 0. The number of nitrogens with zero attached hydrogens (tertiary/aromatic N) is 2. The minimum absolute atomic E-state index is 0.0186. The van der Waals surface area contributed by atoms with Crippen LogP contribution >= 0.6 is 0 Å². The number of carbonyl (C=O) groups excluding carboxylic acids is 3. The summed E-state index contributed by atoms with van der Waals surface area (Å²) < 4.78 is 11.0. The first-order valence-electron chi connectivity index (χ1n) is 15.1. The Morgan fingerprint density at radius 2 is 1.30 bits per heavy atom. The van der Waals surface area contributed by atoms with Crippen LogP contribution in [0.2, 0.25) is 0 Å². The van der Waals surface area contributed by atoms with Crippen molar-refractivity contribution in [1.29, 1.82) is 0 Å². The number of piperidine rings is 1. The molecule has 0 radical (unpaired) electrons. The number of hydrogen-bond acceptors (Lipinski definition) is 5. The first kappa shape index (κ1) is 32.3. The van der Waals surface area contributed by atoms with E-state index in [4.69, 9.17) is 9.47 Å². The zero-order valence-electron chi connectivity index (χ0n) is 26.6. The van der Waals surface area contributed by atoms with E-state index in [1.165, 1.54) is 0 Å². The van der Waals surface area contributed by atoms with Gasteiger partial charge in [-0.25, -0.2) is 14.5 Å². The van der Waals surface area contributed by atoms with Crippen LogP contribution < -0.4 is 0 Å². The van der Waals surface area contributed by atoms with Crippen LogP contribution in [0.4, 0.5) is 9.59 Å². The number of likely N-dealkylation sites (tertiary alicyclic amines) is 1. The van der Waals surface area contributed by atoms with Crippen LogP contribution in [0.3, 0.4) is 0 Å². The molecule has 44 heavy (non-hydrogen) atoms. The summed E-state index contributed by atoms with van der Waals surface area (Å²) in [5.41, 5.74) is 2.86. The van der Waals surface area contributed by atoms with E-state index in [-0.39, 0.29) is 18.4 Å². The van der Waals surface area contributed by atoms with Gasteiger partial charge in [-0.05, 0) is 108 Å². The van der Waals surface area contributed by atoms with Gasteiger partial charge in [-0.2, -0.15) is 0 Å².